The minimum absolute atomic E-state index is 0.0372. The fourth-order valence-electron chi connectivity index (χ4n) is 3.37. The summed E-state index contributed by atoms with van der Waals surface area (Å²) in [6.07, 6.45) is -0.445. The number of ether oxygens (including phenoxy) is 2. The van der Waals surface area contributed by atoms with Crippen molar-refractivity contribution in [3.63, 3.8) is 0 Å². The summed E-state index contributed by atoms with van der Waals surface area (Å²) in [5, 5.41) is 2.66. The lowest BCUT2D eigenvalue weighted by molar-refractivity contribution is -0.120. The van der Waals surface area contributed by atoms with Crippen LogP contribution in [0.2, 0.25) is 0 Å². The lowest BCUT2D eigenvalue weighted by atomic mass is 10.2. The monoisotopic (exact) mass is 470 g/mol. The van der Waals surface area contributed by atoms with Crippen LogP contribution < -0.4 is 19.1 Å². The highest BCUT2D eigenvalue weighted by Gasteiger charge is 2.29. The van der Waals surface area contributed by atoms with Crippen LogP contribution in [-0.4, -0.2) is 40.1 Å². The molecule has 1 heterocycles. The summed E-state index contributed by atoms with van der Waals surface area (Å²) in [5.41, 5.74) is 0.666. The highest BCUT2D eigenvalue weighted by molar-refractivity contribution is 7.92. The van der Waals surface area contributed by atoms with Crippen molar-refractivity contribution in [1.82, 2.24) is 5.32 Å². The molecule has 1 atom stereocenters. The van der Waals surface area contributed by atoms with Gasteiger partial charge in [-0.15, -0.1) is 0 Å². The maximum atomic E-state index is 14.5. The second-order valence-electron chi connectivity index (χ2n) is 7.58. The van der Waals surface area contributed by atoms with Crippen LogP contribution in [0.3, 0.4) is 0 Å². The van der Waals surface area contributed by atoms with Crippen LogP contribution in [0.5, 0.6) is 11.5 Å². The van der Waals surface area contributed by atoms with Gasteiger partial charge in [0.1, 0.15) is 25.1 Å². The number of para-hydroxylation sites is 3. The largest absolute Gasteiger partial charge is 0.486 e. The van der Waals surface area contributed by atoms with Crippen molar-refractivity contribution in [2.45, 2.75) is 17.9 Å². The van der Waals surface area contributed by atoms with E-state index in [1.54, 1.807) is 24.3 Å². The van der Waals surface area contributed by atoms with E-state index in [0.717, 1.165) is 15.9 Å². The van der Waals surface area contributed by atoms with E-state index in [1.807, 2.05) is 19.1 Å². The second kappa shape index (κ2) is 9.50. The quantitative estimate of drug-likeness (QED) is 0.573. The molecule has 172 valence electrons. The van der Waals surface area contributed by atoms with Gasteiger partial charge in [0.15, 0.2) is 11.5 Å². The number of amides is 1. The Hall–Kier alpha value is -3.59. The van der Waals surface area contributed by atoms with Gasteiger partial charge < -0.3 is 14.8 Å². The molecule has 1 aliphatic rings. The van der Waals surface area contributed by atoms with E-state index < -0.39 is 34.4 Å². The first-order chi connectivity index (χ1) is 15.8. The number of halogens is 1. The van der Waals surface area contributed by atoms with Gasteiger partial charge in [0.25, 0.3) is 10.0 Å². The lowest BCUT2D eigenvalue weighted by Crippen LogP contribution is -2.45. The van der Waals surface area contributed by atoms with Gasteiger partial charge in [-0.3, -0.25) is 9.10 Å². The molecule has 0 fully saturated rings. The van der Waals surface area contributed by atoms with E-state index in [4.69, 9.17) is 9.47 Å². The Morgan fingerprint density at radius 3 is 2.42 bits per heavy atom. The molecular formula is C24H23FN2O5S. The summed E-state index contributed by atoms with van der Waals surface area (Å²) in [5.74, 6) is -0.161. The molecule has 0 spiro atoms. The Morgan fingerprint density at radius 2 is 1.70 bits per heavy atom. The van der Waals surface area contributed by atoms with Crippen LogP contribution in [0, 0.1) is 12.7 Å². The molecule has 0 radical (unpaired) electrons. The topological polar surface area (TPSA) is 84.9 Å². The normalized spacial score (nSPS) is 15.0. The summed E-state index contributed by atoms with van der Waals surface area (Å²) < 4.78 is 53.4. The van der Waals surface area contributed by atoms with Crippen molar-refractivity contribution in [1.29, 1.82) is 0 Å². The zero-order chi connectivity index (χ0) is 23.4. The molecule has 0 unspecified atom stereocenters. The number of anilines is 1. The Kier molecular flexibility index (Phi) is 6.50. The van der Waals surface area contributed by atoms with Crippen molar-refractivity contribution in [3.8, 4) is 11.5 Å². The van der Waals surface area contributed by atoms with Crippen molar-refractivity contribution < 1.29 is 27.1 Å². The van der Waals surface area contributed by atoms with Crippen LogP contribution in [0.4, 0.5) is 10.1 Å². The molecule has 3 aromatic carbocycles. The molecule has 1 N–H and O–H groups in total. The Labute approximate surface area is 191 Å². The number of benzene rings is 3. The molecule has 3 aromatic rings. The molecule has 9 heteroatoms. The molecule has 0 aliphatic carbocycles. The molecule has 0 aromatic heterocycles. The van der Waals surface area contributed by atoms with E-state index in [9.17, 15) is 17.6 Å². The van der Waals surface area contributed by atoms with Gasteiger partial charge in [-0.1, -0.05) is 42.0 Å². The molecule has 4 rings (SSSR count). The van der Waals surface area contributed by atoms with E-state index in [2.05, 4.69) is 5.32 Å². The highest BCUT2D eigenvalue weighted by atomic mass is 32.2. The molecule has 0 saturated carbocycles. The van der Waals surface area contributed by atoms with Crippen molar-refractivity contribution in [2.24, 2.45) is 0 Å². The predicted molar refractivity (Wildman–Crippen MR) is 121 cm³/mol. The smallest absolute Gasteiger partial charge is 0.264 e. The third-order valence-corrected chi connectivity index (χ3v) is 6.89. The van der Waals surface area contributed by atoms with Crippen LogP contribution in [0.1, 0.15) is 5.56 Å². The van der Waals surface area contributed by atoms with Crippen LogP contribution in [-0.2, 0) is 14.8 Å². The summed E-state index contributed by atoms with van der Waals surface area (Å²) in [6.45, 7) is 1.56. The zero-order valence-corrected chi connectivity index (χ0v) is 18.7. The molecular weight excluding hydrogens is 447 g/mol. The maximum absolute atomic E-state index is 14.5. The Morgan fingerprint density at radius 1 is 1.03 bits per heavy atom. The minimum Gasteiger partial charge on any atom is -0.486 e. The van der Waals surface area contributed by atoms with Crippen LogP contribution in [0.15, 0.2) is 77.7 Å². The van der Waals surface area contributed by atoms with Gasteiger partial charge in [0.2, 0.25) is 5.91 Å². The number of nitrogens with zero attached hydrogens (tertiary/aromatic N) is 1. The number of hydrogen-bond acceptors (Lipinski definition) is 5. The fraction of sp³-hybridized carbons (Fsp3) is 0.208. The molecule has 1 aliphatic heterocycles. The van der Waals surface area contributed by atoms with E-state index in [1.165, 1.54) is 30.3 Å². The first-order valence-electron chi connectivity index (χ1n) is 10.3. The van der Waals surface area contributed by atoms with Crippen molar-refractivity contribution in [2.75, 3.05) is 24.0 Å². The number of carbonyl (C=O) groups excluding carboxylic acids is 1. The number of hydrogen-bond donors (Lipinski definition) is 1. The highest BCUT2D eigenvalue weighted by Crippen LogP contribution is 2.31. The number of carbonyl (C=O) groups is 1. The Bertz CT molecular complexity index is 1250. The van der Waals surface area contributed by atoms with Gasteiger partial charge in [-0.25, -0.2) is 12.8 Å². The standard InChI is InChI=1S/C24H23FN2O5S/c1-17-10-12-19(13-11-17)33(29,30)27(21-7-3-2-6-20(21)25)15-24(28)26-14-18-16-31-22-8-4-5-9-23(22)32-18/h2-13,18H,14-16H2,1H3,(H,26,28)/t18-/m0/s1. The van der Waals surface area contributed by atoms with Gasteiger partial charge in [0, 0.05) is 0 Å². The summed E-state index contributed by atoms with van der Waals surface area (Å²) >= 11 is 0. The second-order valence-corrected chi connectivity index (χ2v) is 9.44. The molecule has 0 saturated heterocycles. The first kappa shape index (κ1) is 22.6. The van der Waals surface area contributed by atoms with Gasteiger partial charge in [-0.2, -0.15) is 0 Å². The lowest BCUT2D eigenvalue weighted by Gasteiger charge is -2.27. The van der Waals surface area contributed by atoms with Crippen molar-refractivity contribution >= 4 is 21.6 Å². The van der Waals surface area contributed by atoms with E-state index in [0.29, 0.717) is 11.5 Å². The van der Waals surface area contributed by atoms with E-state index in [-0.39, 0.29) is 23.7 Å². The van der Waals surface area contributed by atoms with Gasteiger partial charge >= 0.3 is 0 Å². The molecule has 7 nitrogen and oxygen atoms in total. The van der Waals surface area contributed by atoms with Crippen molar-refractivity contribution in [3.05, 3.63) is 84.2 Å². The van der Waals surface area contributed by atoms with Crippen LogP contribution >= 0.6 is 0 Å². The number of aryl methyl sites for hydroxylation is 1. The number of rotatable bonds is 7. The number of nitrogens with one attached hydrogen (secondary N) is 1. The van der Waals surface area contributed by atoms with Gasteiger partial charge in [0.05, 0.1) is 17.1 Å². The summed E-state index contributed by atoms with van der Waals surface area (Å²) in [6, 6.07) is 18.8. The number of fused-ring (bicyclic) bond motifs is 1. The average molecular weight is 471 g/mol. The zero-order valence-electron chi connectivity index (χ0n) is 17.9. The molecule has 33 heavy (non-hydrogen) atoms. The SMILES string of the molecule is Cc1ccc(S(=O)(=O)N(CC(=O)NC[C@H]2COc3ccccc3O2)c2ccccc2F)cc1. The minimum atomic E-state index is -4.20. The molecule has 1 amide bonds. The third kappa shape index (κ3) is 5.09. The number of sulfonamides is 1. The summed E-state index contributed by atoms with van der Waals surface area (Å²) in [7, 11) is -4.20. The third-order valence-electron chi connectivity index (χ3n) is 5.11. The maximum Gasteiger partial charge on any atom is 0.264 e. The molecule has 0 bridgehead atoms. The predicted octanol–water partition coefficient (Wildman–Crippen LogP) is 3.29. The Balaban J connectivity index is 1.50. The van der Waals surface area contributed by atoms with E-state index >= 15 is 0 Å². The summed E-state index contributed by atoms with van der Waals surface area (Å²) in [4.78, 5) is 12.7. The average Bonchev–Trinajstić information content (AvgIpc) is 2.82. The van der Waals surface area contributed by atoms with Gasteiger partial charge in [-0.05, 0) is 43.3 Å². The fourth-order valence-corrected chi connectivity index (χ4v) is 4.80. The van der Waals surface area contributed by atoms with Crippen LogP contribution in [0.25, 0.3) is 0 Å². The first-order valence-corrected chi connectivity index (χ1v) is 11.8.